The van der Waals surface area contributed by atoms with Crippen molar-refractivity contribution < 1.29 is 9.59 Å². The Balaban J connectivity index is 1.19. The van der Waals surface area contributed by atoms with E-state index in [0.29, 0.717) is 53.7 Å². The standard InChI is InChI=1S/C34H38Cl2N4O2/c1-22-14-23(2)16-26(15-22)34(42)40-13-11-37-32(25-8-9-29(35)30(36)17-25)33(40)31(41)10-12-38-20-28-18-27(38)21-39(28)19-24-6-4-3-5-7-24/h3-9,14-17,27-28,32-33,37H,10-13,18-21H2,1-2H3/t27-,28-,32?,33?/m0/s1. The van der Waals surface area contributed by atoms with Crippen LogP contribution in [-0.2, 0) is 11.3 Å². The van der Waals surface area contributed by atoms with Gasteiger partial charge in [-0.15, -0.1) is 0 Å². The Labute approximate surface area is 258 Å². The van der Waals surface area contributed by atoms with Gasteiger partial charge in [-0.2, -0.15) is 0 Å². The molecule has 8 heteroatoms. The van der Waals surface area contributed by atoms with E-state index >= 15 is 0 Å². The first-order valence-electron chi connectivity index (χ1n) is 14.9. The van der Waals surface area contributed by atoms with Crippen LogP contribution in [0.5, 0.6) is 0 Å². The molecule has 2 bridgehead atoms. The maximum Gasteiger partial charge on any atom is 0.254 e. The van der Waals surface area contributed by atoms with E-state index in [1.807, 2.05) is 38.1 Å². The zero-order chi connectivity index (χ0) is 29.4. The van der Waals surface area contributed by atoms with Crippen LogP contribution in [0.1, 0.15) is 51.5 Å². The summed E-state index contributed by atoms with van der Waals surface area (Å²) in [4.78, 5) is 34.9. The maximum absolute atomic E-state index is 14.2. The number of aryl methyl sites for hydroxylation is 2. The number of amides is 1. The van der Waals surface area contributed by atoms with Crippen LogP contribution in [0.25, 0.3) is 0 Å². The van der Waals surface area contributed by atoms with E-state index in [-0.39, 0.29) is 17.7 Å². The van der Waals surface area contributed by atoms with E-state index in [1.54, 1.807) is 11.0 Å². The molecular formula is C34H38Cl2N4O2. The zero-order valence-corrected chi connectivity index (χ0v) is 25.7. The molecule has 0 saturated carbocycles. The molecule has 220 valence electrons. The van der Waals surface area contributed by atoms with Crippen molar-refractivity contribution in [2.45, 2.75) is 57.4 Å². The molecule has 1 amide bonds. The quantitative estimate of drug-likeness (QED) is 0.358. The number of fused-ring (bicyclic) bond motifs is 2. The van der Waals surface area contributed by atoms with E-state index in [4.69, 9.17) is 23.2 Å². The summed E-state index contributed by atoms with van der Waals surface area (Å²) in [6.07, 6.45) is 1.54. The largest absolute Gasteiger partial charge is 0.325 e. The Morgan fingerprint density at radius 3 is 2.29 bits per heavy atom. The highest BCUT2D eigenvalue weighted by molar-refractivity contribution is 6.42. The highest BCUT2D eigenvalue weighted by atomic mass is 35.5. The Bertz CT molecular complexity index is 1440. The number of likely N-dealkylation sites (tertiary alicyclic amines) is 2. The lowest BCUT2D eigenvalue weighted by Gasteiger charge is -2.42. The van der Waals surface area contributed by atoms with Crippen molar-refractivity contribution >= 4 is 34.9 Å². The zero-order valence-electron chi connectivity index (χ0n) is 24.2. The lowest BCUT2D eigenvalue weighted by atomic mass is 9.90. The number of hydrogen-bond acceptors (Lipinski definition) is 5. The highest BCUT2D eigenvalue weighted by Gasteiger charge is 2.44. The SMILES string of the molecule is Cc1cc(C)cc(C(=O)N2CCNC(c3ccc(Cl)c(Cl)c3)C2C(=O)CCN2C[C@@H]3C[C@H]2CN3Cc2ccccc2)c1. The monoisotopic (exact) mass is 604 g/mol. The Morgan fingerprint density at radius 1 is 0.881 bits per heavy atom. The van der Waals surface area contributed by atoms with Crippen molar-refractivity contribution in [1.82, 2.24) is 20.0 Å². The summed E-state index contributed by atoms with van der Waals surface area (Å²) in [5, 5.41) is 4.42. The van der Waals surface area contributed by atoms with Crippen LogP contribution in [0.4, 0.5) is 0 Å². The number of nitrogens with one attached hydrogen (secondary N) is 1. The smallest absolute Gasteiger partial charge is 0.254 e. The van der Waals surface area contributed by atoms with Crippen LogP contribution in [0, 0.1) is 13.8 Å². The first-order chi connectivity index (χ1) is 20.3. The van der Waals surface area contributed by atoms with Gasteiger partial charge in [-0.3, -0.25) is 19.4 Å². The van der Waals surface area contributed by atoms with Gasteiger partial charge in [0.2, 0.25) is 0 Å². The van der Waals surface area contributed by atoms with Crippen molar-refractivity contribution in [3.8, 4) is 0 Å². The molecule has 6 rings (SSSR count). The first kappa shape index (κ1) is 29.3. The number of rotatable bonds is 8. The molecule has 2 unspecified atom stereocenters. The van der Waals surface area contributed by atoms with Gasteiger partial charge in [0.05, 0.1) is 16.1 Å². The summed E-state index contributed by atoms with van der Waals surface area (Å²) in [6.45, 7) is 8.72. The molecule has 3 aromatic rings. The number of carbonyl (C=O) groups excluding carboxylic acids is 2. The number of hydrogen-bond donors (Lipinski definition) is 1. The van der Waals surface area contributed by atoms with Crippen molar-refractivity contribution in [3.05, 3.63) is 105 Å². The van der Waals surface area contributed by atoms with Gasteiger partial charge in [0.1, 0.15) is 6.04 Å². The molecule has 3 aliphatic heterocycles. The fourth-order valence-electron chi connectivity index (χ4n) is 7.15. The van der Waals surface area contributed by atoms with Gasteiger partial charge in [0.15, 0.2) is 5.78 Å². The van der Waals surface area contributed by atoms with Crippen LogP contribution in [0.15, 0.2) is 66.7 Å². The van der Waals surface area contributed by atoms with E-state index < -0.39 is 6.04 Å². The predicted molar refractivity (Wildman–Crippen MR) is 168 cm³/mol. The lowest BCUT2D eigenvalue weighted by molar-refractivity contribution is -0.126. The van der Waals surface area contributed by atoms with E-state index in [1.165, 1.54) is 5.56 Å². The highest BCUT2D eigenvalue weighted by Crippen LogP contribution is 2.34. The van der Waals surface area contributed by atoms with Gasteiger partial charge in [-0.1, -0.05) is 76.8 Å². The Kier molecular flexibility index (Phi) is 8.71. The lowest BCUT2D eigenvalue weighted by Crippen LogP contribution is -2.59. The molecule has 4 atom stereocenters. The number of piperazine rings is 2. The third-order valence-electron chi connectivity index (χ3n) is 9.07. The van der Waals surface area contributed by atoms with Gasteiger partial charge in [0.25, 0.3) is 5.91 Å². The molecule has 3 aromatic carbocycles. The number of carbonyl (C=O) groups is 2. The van der Waals surface area contributed by atoms with Gasteiger partial charge in [0, 0.05) is 63.3 Å². The second-order valence-electron chi connectivity index (χ2n) is 12.1. The van der Waals surface area contributed by atoms with Crippen LogP contribution in [-0.4, -0.2) is 77.2 Å². The molecule has 0 aromatic heterocycles. The molecule has 42 heavy (non-hydrogen) atoms. The van der Waals surface area contributed by atoms with Crippen LogP contribution >= 0.6 is 23.2 Å². The van der Waals surface area contributed by atoms with Crippen molar-refractivity contribution in [2.24, 2.45) is 0 Å². The minimum Gasteiger partial charge on any atom is -0.325 e. The molecule has 0 aliphatic carbocycles. The molecule has 0 spiro atoms. The van der Waals surface area contributed by atoms with E-state index in [9.17, 15) is 9.59 Å². The summed E-state index contributed by atoms with van der Waals surface area (Å²) >= 11 is 12.6. The number of Topliss-reactive ketones (excluding diaryl/α,β-unsaturated/α-hetero) is 1. The summed E-state index contributed by atoms with van der Waals surface area (Å²) in [6, 6.07) is 22.0. The molecule has 6 nitrogen and oxygen atoms in total. The molecule has 1 N–H and O–H groups in total. The topological polar surface area (TPSA) is 55.9 Å². The first-order valence-corrected chi connectivity index (χ1v) is 15.6. The second-order valence-corrected chi connectivity index (χ2v) is 12.9. The second kappa shape index (κ2) is 12.5. The van der Waals surface area contributed by atoms with Crippen LogP contribution in [0.2, 0.25) is 10.0 Å². The van der Waals surface area contributed by atoms with Gasteiger partial charge in [-0.25, -0.2) is 0 Å². The third kappa shape index (κ3) is 6.15. The summed E-state index contributed by atoms with van der Waals surface area (Å²) in [7, 11) is 0. The number of benzene rings is 3. The Hall–Kier alpha value is -2.74. The average Bonchev–Trinajstić information content (AvgIpc) is 3.57. The maximum atomic E-state index is 14.2. The van der Waals surface area contributed by atoms with Crippen LogP contribution < -0.4 is 5.32 Å². The molecule has 3 heterocycles. The van der Waals surface area contributed by atoms with Gasteiger partial charge >= 0.3 is 0 Å². The number of nitrogens with zero attached hydrogens (tertiary/aromatic N) is 3. The van der Waals surface area contributed by atoms with E-state index in [2.05, 4.69) is 51.5 Å². The van der Waals surface area contributed by atoms with Gasteiger partial charge in [-0.05, 0) is 55.7 Å². The molecular weight excluding hydrogens is 567 g/mol. The summed E-state index contributed by atoms with van der Waals surface area (Å²) in [5.41, 5.74) is 4.89. The van der Waals surface area contributed by atoms with Crippen molar-refractivity contribution in [2.75, 3.05) is 32.7 Å². The number of halogens is 2. The fourth-order valence-corrected chi connectivity index (χ4v) is 7.45. The van der Waals surface area contributed by atoms with Crippen molar-refractivity contribution in [1.29, 1.82) is 0 Å². The molecule has 3 fully saturated rings. The molecule has 0 radical (unpaired) electrons. The summed E-state index contributed by atoms with van der Waals surface area (Å²) < 4.78 is 0. The predicted octanol–water partition coefficient (Wildman–Crippen LogP) is 5.68. The molecule has 3 aliphatic rings. The third-order valence-corrected chi connectivity index (χ3v) is 9.81. The van der Waals surface area contributed by atoms with Gasteiger partial charge < -0.3 is 10.2 Å². The molecule has 3 saturated heterocycles. The normalized spacial score (nSPS) is 24.3. The average molecular weight is 606 g/mol. The number of ketones is 1. The van der Waals surface area contributed by atoms with Crippen LogP contribution in [0.3, 0.4) is 0 Å². The minimum atomic E-state index is -0.640. The summed E-state index contributed by atoms with van der Waals surface area (Å²) in [5.74, 6) is -0.0385. The minimum absolute atomic E-state index is 0.0694. The fraction of sp³-hybridized carbons (Fsp3) is 0.412. The van der Waals surface area contributed by atoms with E-state index in [0.717, 1.165) is 42.7 Å². The van der Waals surface area contributed by atoms with Crippen molar-refractivity contribution in [3.63, 3.8) is 0 Å². The Morgan fingerprint density at radius 2 is 1.60 bits per heavy atom.